The van der Waals surface area contributed by atoms with E-state index in [4.69, 9.17) is 10.7 Å². The molecule has 0 saturated heterocycles. The largest absolute Gasteiger partial charge is 0.296 e. The van der Waals surface area contributed by atoms with Crippen molar-refractivity contribution in [3.05, 3.63) is 34.4 Å². The normalized spacial score (nSPS) is 11.8. The van der Waals surface area contributed by atoms with E-state index in [0.29, 0.717) is 0 Å². The predicted molar refractivity (Wildman–Crippen MR) is 75.5 cm³/mol. The highest BCUT2D eigenvalue weighted by molar-refractivity contribution is 8.13. The van der Waals surface area contributed by atoms with Crippen LogP contribution in [0.4, 0.5) is 5.69 Å². The van der Waals surface area contributed by atoms with E-state index < -0.39 is 19.1 Å². The molecular weight excluding hydrogens is 320 g/mol. The van der Waals surface area contributed by atoms with Crippen LogP contribution in [0, 0.1) is 10.1 Å². The number of rotatable bonds is 4. The topological polar surface area (TPSA) is 108 Å². The summed E-state index contributed by atoms with van der Waals surface area (Å²) in [6.45, 7) is 3.40. The summed E-state index contributed by atoms with van der Waals surface area (Å²) < 4.78 is 24.3. The number of nitro groups is 1. The number of hydrogen-bond acceptors (Lipinski definition) is 6. The summed E-state index contributed by atoms with van der Waals surface area (Å²) in [5, 5.41) is 18.0. The Labute approximate surface area is 124 Å². The summed E-state index contributed by atoms with van der Waals surface area (Å²) in [7, 11) is 1.22. The fourth-order valence-corrected chi connectivity index (χ4v) is 2.90. The van der Waals surface area contributed by atoms with E-state index in [9.17, 15) is 18.5 Å². The molecule has 0 unspecified atom stereocenters. The SMILES string of the molecule is CC(C)n1c(-c2ccccc2[N+](=O)[O-])nnc1S(=O)(=O)Cl. The van der Waals surface area contributed by atoms with Gasteiger partial charge in [-0.25, -0.2) is 8.42 Å². The molecule has 0 spiro atoms. The Morgan fingerprint density at radius 2 is 1.90 bits per heavy atom. The summed E-state index contributed by atoms with van der Waals surface area (Å²) in [6, 6.07) is 5.54. The first-order valence-corrected chi connectivity index (χ1v) is 8.17. The van der Waals surface area contributed by atoms with E-state index in [1.54, 1.807) is 19.9 Å². The van der Waals surface area contributed by atoms with Crippen molar-refractivity contribution in [3.63, 3.8) is 0 Å². The van der Waals surface area contributed by atoms with Crippen LogP contribution in [0.5, 0.6) is 0 Å². The third-order valence-electron chi connectivity index (χ3n) is 2.74. The van der Waals surface area contributed by atoms with Crippen molar-refractivity contribution in [2.45, 2.75) is 25.0 Å². The lowest BCUT2D eigenvalue weighted by Crippen LogP contribution is -2.10. The zero-order valence-corrected chi connectivity index (χ0v) is 12.7. The van der Waals surface area contributed by atoms with Gasteiger partial charge in [0, 0.05) is 22.8 Å². The average Bonchev–Trinajstić information content (AvgIpc) is 2.83. The van der Waals surface area contributed by atoms with Gasteiger partial charge in [-0.05, 0) is 19.9 Å². The molecule has 0 amide bonds. The number of nitro benzene ring substituents is 1. The second-order valence-corrected chi connectivity index (χ2v) is 6.94. The van der Waals surface area contributed by atoms with E-state index in [-0.39, 0.29) is 23.1 Å². The third-order valence-corrected chi connectivity index (χ3v) is 3.87. The number of nitrogens with zero attached hydrogens (tertiary/aromatic N) is 4. The Hall–Kier alpha value is -2.00. The van der Waals surface area contributed by atoms with Crippen LogP contribution in [0.1, 0.15) is 19.9 Å². The predicted octanol–water partition coefficient (Wildman–Crippen LogP) is 2.36. The summed E-state index contributed by atoms with van der Waals surface area (Å²) >= 11 is 0. The highest BCUT2D eigenvalue weighted by atomic mass is 35.7. The Kier molecular flexibility index (Phi) is 3.97. The van der Waals surface area contributed by atoms with E-state index in [0.717, 1.165) is 0 Å². The quantitative estimate of drug-likeness (QED) is 0.483. The third kappa shape index (κ3) is 2.88. The molecule has 10 heteroatoms. The van der Waals surface area contributed by atoms with E-state index in [2.05, 4.69) is 10.2 Å². The maximum atomic E-state index is 11.5. The minimum atomic E-state index is -4.11. The molecule has 0 fully saturated rings. The van der Waals surface area contributed by atoms with Crippen molar-refractivity contribution in [1.82, 2.24) is 14.8 Å². The van der Waals surface area contributed by atoms with Gasteiger partial charge in [0.2, 0.25) is 0 Å². The van der Waals surface area contributed by atoms with Gasteiger partial charge >= 0.3 is 0 Å². The molecule has 2 rings (SSSR count). The first-order chi connectivity index (χ1) is 9.73. The lowest BCUT2D eigenvalue weighted by molar-refractivity contribution is -0.384. The van der Waals surface area contributed by atoms with Crippen LogP contribution in [0.2, 0.25) is 0 Å². The standard InChI is InChI=1S/C11H11ClN4O4S/c1-7(2)15-10(13-14-11(15)21(12,19)20)8-5-3-4-6-9(8)16(17)18/h3-7H,1-2H3. The molecular formula is C11H11ClN4O4S. The molecule has 0 aliphatic carbocycles. The first kappa shape index (κ1) is 15.4. The van der Waals surface area contributed by atoms with Gasteiger partial charge < -0.3 is 0 Å². The first-order valence-electron chi connectivity index (χ1n) is 5.87. The minimum Gasteiger partial charge on any atom is -0.294 e. The molecule has 1 aromatic carbocycles. The minimum absolute atomic E-state index is 0.0801. The number of para-hydroxylation sites is 1. The molecule has 0 aliphatic rings. The lowest BCUT2D eigenvalue weighted by atomic mass is 10.1. The van der Waals surface area contributed by atoms with Gasteiger partial charge in [0.25, 0.3) is 19.9 Å². The fourth-order valence-electron chi connectivity index (χ4n) is 1.91. The van der Waals surface area contributed by atoms with Crippen molar-refractivity contribution < 1.29 is 13.3 Å². The highest BCUT2D eigenvalue weighted by Crippen LogP contribution is 2.32. The van der Waals surface area contributed by atoms with Crippen molar-refractivity contribution in [2.75, 3.05) is 0 Å². The van der Waals surface area contributed by atoms with Crippen LogP contribution < -0.4 is 0 Å². The van der Waals surface area contributed by atoms with Crippen LogP contribution in [0.25, 0.3) is 11.4 Å². The van der Waals surface area contributed by atoms with Gasteiger partial charge in [-0.3, -0.25) is 14.7 Å². The lowest BCUT2D eigenvalue weighted by Gasteiger charge is -2.12. The fraction of sp³-hybridized carbons (Fsp3) is 0.273. The molecule has 8 nitrogen and oxygen atoms in total. The van der Waals surface area contributed by atoms with Crippen molar-refractivity contribution >= 4 is 25.4 Å². The van der Waals surface area contributed by atoms with Gasteiger partial charge in [0.05, 0.1) is 10.5 Å². The number of benzene rings is 1. The molecule has 1 aromatic heterocycles. The van der Waals surface area contributed by atoms with Gasteiger partial charge in [-0.15, -0.1) is 10.2 Å². The monoisotopic (exact) mass is 330 g/mol. The van der Waals surface area contributed by atoms with Crippen molar-refractivity contribution in [2.24, 2.45) is 0 Å². The summed E-state index contributed by atoms with van der Waals surface area (Å²) in [5.41, 5.74) is -0.0133. The number of aromatic nitrogens is 3. The van der Waals surface area contributed by atoms with E-state index in [1.807, 2.05) is 0 Å². The summed E-state index contributed by atoms with van der Waals surface area (Å²) in [6.07, 6.45) is 0. The van der Waals surface area contributed by atoms with Crippen LogP contribution >= 0.6 is 10.7 Å². The maximum Gasteiger partial charge on any atom is 0.296 e. The Bertz CT molecular complexity index is 800. The highest BCUT2D eigenvalue weighted by Gasteiger charge is 2.28. The molecule has 0 bridgehead atoms. The van der Waals surface area contributed by atoms with E-state index in [1.165, 1.54) is 22.8 Å². The summed E-state index contributed by atoms with van der Waals surface area (Å²) in [5.74, 6) is 0.0801. The summed E-state index contributed by atoms with van der Waals surface area (Å²) in [4.78, 5) is 10.5. The maximum absolute atomic E-state index is 11.5. The zero-order chi connectivity index (χ0) is 15.8. The molecule has 112 valence electrons. The molecule has 1 heterocycles. The van der Waals surface area contributed by atoms with Crippen molar-refractivity contribution in [1.29, 1.82) is 0 Å². The molecule has 0 radical (unpaired) electrons. The van der Waals surface area contributed by atoms with E-state index >= 15 is 0 Å². The van der Waals surface area contributed by atoms with Crippen LogP contribution in [0.15, 0.2) is 29.4 Å². The smallest absolute Gasteiger partial charge is 0.294 e. The Morgan fingerprint density at radius 1 is 1.29 bits per heavy atom. The van der Waals surface area contributed by atoms with Gasteiger partial charge in [0.1, 0.15) is 0 Å². The second kappa shape index (κ2) is 5.41. The van der Waals surface area contributed by atoms with Gasteiger partial charge in [-0.1, -0.05) is 12.1 Å². The van der Waals surface area contributed by atoms with Crippen LogP contribution in [-0.2, 0) is 9.05 Å². The molecule has 0 saturated carbocycles. The molecule has 0 N–H and O–H groups in total. The van der Waals surface area contributed by atoms with Crippen LogP contribution in [-0.4, -0.2) is 28.1 Å². The Morgan fingerprint density at radius 3 is 2.43 bits per heavy atom. The molecule has 21 heavy (non-hydrogen) atoms. The molecule has 0 aliphatic heterocycles. The van der Waals surface area contributed by atoms with Crippen molar-refractivity contribution in [3.8, 4) is 11.4 Å². The molecule has 2 aromatic rings. The zero-order valence-electron chi connectivity index (χ0n) is 11.1. The number of hydrogen-bond donors (Lipinski definition) is 0. The Balaban J connectivity index is 2.78. The van der Waals surface area contributed by atoms with Crippen LogP contribution in [0.3, 0.4) is 0 Å². The second-order valence-electron chi connectivity index (χ2n) is 4.48. The molecule has 0 atom stereocenters. The van der Waals surface area contributed by atoms with Gasteiger partial charge in [0.15, 0.2) is 5.82 Å². The number of halogens is 1. The average molecular weight is 331 g/mol. The van der Waals surface area contributed by atoms with Gasteiger partial charge in [-0.2, -0.15) is 0 Å².